The number of carboxylic acids is 1. The van der Waals surface area contributed by atoms with Crippen LogP contribution in [0.5, 0.6) is 0 Å². The normalized spacial score (nSPS) is 7.32. The maximum absolute atomic E-state index is 10.1. The van der Waals surface area contributed by atoms with Crippen molar-refractivity contribution >= 4 is 17.9 Å². The molecule has 0 rings (SSSR count). The number of hydrogen-bond acceptors (Lipinski definition) is 5. The first-order chi connectivity index (χ1) is 8.72. The van der Waals surface area contributed by atoms with Gasteiger partial charge in [0.1, 0.15) is 0 Å². The standard InChI is InChI=1S/C5H8O2.2C4H6O2/c1-3-5(6)7-4-2;1-3-6-4(2)5;1-3(2)4(5)6/h3H,1,4H2,2H3;3H,1H2,2H3;1H2,2H3,(H,5,6). The van der Waals surface area contributed by atoms with Gasteiger partial charge in [-0.1, -0.05) is 19.7 Å². The van der Waals surface area contributed by atoms with E-state index in [4.69, 9.17) is 5.11 Å². The second kappa shape index (κ2) is 15.6. The number of carbonyl (C=O) groups excluding carboxylic acids is 2. The van der Waals surface area contributed by atoms with E-state index in [-0.39, 0.29) is 17.5 Å². The molecule has 0 saturated heterocycles. The molecule has 0 aliphatic rings. The Hall–Kier alpha value is -2.37. The van der Waals surface area contributed by atoms with Crippen molar-refractivity contribution in [3.05, 3.63) is 37.6 Å². The van der Waals surface area contributed by atoms with Crippen LogP contribution in [0.1, 0.15) is 20.8 Å². The number of ether oxygens (including phenoxy) is 2. The minimum absolute atomic E-state index is 0.176. The Labute approximate surface area is 113 Å². The number of rotatable bonds is 4. The summed E-state index contributed by atoms with van der Waals surface area (Å²) in [6.07, 6.45) is 2.24. The number of carbonyl (C=O) groups is 3. The maximum Gasteiger partial charge on any atom is 0.330 e. The molecule has 19 heavy (non-hydrogen) atoms. The van der Waals surface area contributed by atoms with Gasteiger partial charge in [-0.15, -0.1) is 0 Å². The fraction of sp³-hybridized carbons (Fsp3) is 0.308. The molecule has 0 fully saturated rings. The average Bonchev–Trinajstić information content (AvgIpc) is 2.30. The summed E-state index contributed by atoms with van der Waals surface area (Å²) in [7, 11) is 0. The Kier molecular flexibility index (Phi) is 18.0. The third-order valence-electron chi connectivity index (χ3n) is 1.07. The second-order valence-corrected chi connectivity index (χ2v) is 2.82. The fourth-order valence-corrected chi connectivity index (χ4v) is 0.319. The number of hydrogen-bond donors (Lipinski definition) is 1. The Morgan fingerprint density at radius 3 is 1.68 bits per heavy atom. The molecule has 0 saturated carbocycles. The average molecular weight is 272 g/mol. The summed E-state index contributed by atoms with van der Waals surface area (Å²) in [5, 5.41) is 7.89. The van der Waals surface area contributed by atoms with Gasteiger partial charge in [0.25, 0.3) is 0 Å². The predicted octanol–water partition coefficient (Wildman–Crippen LogP) is 2.08. The van der Waals surface area contributed by atoms with Gasteiger partial charge in [-0.2, -0.15) is 0 Å². The van der Waals surface area contributed by atoms with Crippen LogP contribution in [0.25, 0.3) is 0 Å². The molecule has 108 valence electrons. The third kappa shape index (κ3) is 31.3. The van der Waals surface area contributed by atoms with E-state index in [2.05, 4.69) is 29.2 Å². The first kappa shape index (κ1) is 21.9. The molecule has 0 unspecified atom stereocenters. The summed E-state index contributed by atoms with van der Waals surface area (Å²) in [4.78, 5) is 29.4. The molecule has 6 heteroatoms. The zero-order valence-corrected chi connectivity index (χ0v) is 11.5. The van der Waals surface area contributed by atoms with Crippen LogP contribution in [0, 0.1) is 0 Å². The van der Waals surface area contributed by atoms with Crippen LogP contribution in [-0.4, -0.2) is 29.6 Å². The number of esters is 2. The molecule has 0 bridgehead atoms. The van der Waals surface area contributed by atoms with Gasteiger partial charge in [-0.25, -0.2) is 9.59 Å². The van der Waals surface area contributed by atoms with Crippen LogP contribution in [0.3, 0.4) is 0 Å². The van der Waals surface area contributed by atoms with Gasteiger partial charge < -0.3 is 14.6 Å². The fourth-order valence-electron chi connectivity index (χ4n) is 0.319. The van der Waals surface area contributed by atoms with E-state index in [1.54, 1.807) is 6.92 Å². The van der Waals surface area contributed by atoms with E-state index < -0.39 is 5.97 Å². The Bertz CT molecular complexity index is 318. The molecule has 0 aliphatic heterocycles. The molecule has 6 nitrogen and oxygen atoms in total. The van der Waals surface area contributed by atoms with Gasteiger partial charge in [0, 0.05) is 18.6 Å². The van der Waals surface area contributed by atoms with E-state index >= 15 is 0 Å². The lowest BCUT2D eigenvalue weighted by Crippen LogP contribution is -1.97. The lowest BCUT2D eigenvalue weighted by Gasteiger charge is -1.90. The molecule has 0 aromatic rings. The molecule has 0 aromatic heterocycles. The summed E-state index contributed by atoms with van der Waals surface area (Å²) in [5.41, 5.74) is 0.176. The Morgan fingerprint density at radius 2 is 1.63 bits per heavy atom. The molecule has 1 N–H and O–H groups in total. The predicted molar refractivity (Wildman–Crippen MR) is 71.2 cm³/mol. The van der Waals surface area contributed by atoms with Crippen LogP contribution in [0.15, 0.2) is 37.6 Å². The van der Waals surface area contributed by atoms with Crippen molar-refractivity contribution < 1.29 is 29.0 Å². The zero-order chi connectivity index (χ0) is 15.8. The summed E-state index contributed by atoms with van der Waals surface area (Å²) in [6, 6.07) is 0. The Morgan fingerprint density at radius 1 is 1.21 bits per heavy atom. The SMILES string of the molecule is C=C(C)C(=O)O.C=CC(=O)OCC.C=COC(C)=O. The highest BCUT2D eigenvalue weighted by Crippen LogP contribution is 1.81. The molecular weight excluding hydrogens is 252 g/mol. The largest absolute Gasteiger partial charge is 0.478 e. The van der Waals surface area contributed by atoms with Crippen molar-refractivity contribution in [2.75, 3.05) is 6.61 Å². The van der Waals surface area contributed by atoms with Gasteiger partial charge in [0.15, 0.2) is 0 Å². The van der Waals surface area contributed by atoms with Crippen LogP contribution < -0.4 is 0 Å². The molecule has 0 amide bonds. The Balaban J connectivity index is -0.000000203. The maximum atomic E-state index is 10.1. The van der Waals surface area contributed by atoms with Crippen molar-refractivity contribution in [2.24, 2.45) is 0 Å². The molecular formula is C13H20O6. The van der Waals surface area contributed by atoms with E-state index in [1.165, 1.54) is 13.8 Å². The molecule has 0 aromatic carbocycles. The number of carboxylic acid groups (broad SMARTS) is 1. The van der Waals surface area contributed by atoms with Gasteiger partial charge in [-0.3, -0.25) is 4.79 Å². The molecule has 0 heterocycles. The van der Waals surface area contributed by atoms with E-state index in [1.807, 2.05) is 0 Å². The van der Waals surface area contributed by atoms with Gasteiger partial charge >= 0.3 is 17.9 Å². The number of aliphatic carboxylic acids is 1. The minimum atomic E-state index is -0.935. The van der Waals surface area contributed by atoms with E-state index in [9.17, 15) is 14.4 Å². The van der Waals surface area contributed by atoms with Gasteiger partial charge in [0.2, 0.25) is 0 Å². The summed E-state index contributed by atoms with van der Waals surface area (Å²) in [6.45, 7) is 14.5. The van der Waals surface area contributed by atoms with Crippen LogP contribution in [0.4, 0.5) is 0 Å². The van der Waals surface area contributed by atoms with E-state index in [0.29, 0.717) is 6.61 Å². The highest BCUT2D eigenvalue weighted by atomic mass is 16.5. The van der Waals surface area contributed by atoms with Gasteiger partial charge in [-0.05, 0) is 13.8 Å². The molecule has 0 atom stereocenters. The first-order valence-electron chi connectivity index (χ1n) is 5.18. The van der Waals surface area contributed by atoms with Gasteiger partial charge in [0.05, 0.1) is 12.9 Å². The quantitative estimate of drug-likeness (QED) is 0.478. The monoisotopic (exact) mass is 272 g/mol. The van der Waals surface area contributed by atoms with Crippen molar-refractivity contribution in [1.82, 2.24) is 0 Å². The first-order valence-corrected chi connectivity index (χ1v) is 5.18. The highest BCUT2D eigenvalue weighted by molar-refractivity contribution is 5.84. The summed E-state index contributed by atoms with van der Waals surface area (Å²) in [5.74, 6) is -1.62. The van der Waals surface area contributed by atoms with Crippen LogP contribution >= 0.6 is 0 Å². The highest BCUT2D eigenvalue weighted by Gasteiger charge is 1.90. The van der Waals surface area contributed by atoms with Crippen molar-refractivity contribution in [1.29, 1.82) is 0 Å². The van der Waals surface area contributed by atoms with Crippen LogP contribution in [-0.2, 0) is 23.9 Å². The smallest absolute Gasteiger partial charge is 0.330 e. The zero-order valence-electron chi connectivity index (χ0n) is 11.5. The van der Waals surface area contributed by atoms with Crippen molar-refractivity contribution in [3.63, 3.8) is 0 Å². The second-order valence-electron chi connectivity index (χ2n) is 2.82. The minimum Gasteiger partial charge on any atom is -0.478 e. The lowest BCUT2D eigenvalue weighted by atomic mass is 10.4. The molecule has 0 spiro atoms. The van der Waals surface area contributed by atoms with Crippen LogP contribution in [0.2, 0.25) is 0 Å². The topological polar surface area (TPSA) is 89.9 Å². The molecule has 0 radical (unpaired) electrons. The van der Waals surface area contributed by atoms with E-state index in [0.717, 1.165) is 12.3 Å². The third-order valence-corrected chi connectivity index (χ3v) is 1.07. The lowest BCUT2D eigenvalue weighted by molar-refractivity contribution is -0.137. The summed E-state index contributed by atoms with van der Waals surface area (Å²) < 4.78 is 8.60. The summed E-state index contributed by atoms with van der Waals surface area (Å²) >= 11 is 0. The molecule has 0 aliphatic carbocycles. The van der Waals surface area contributed by atoms with Crippen molar-refractivity contribution in [2.45, 2.75) is 20.8 Å². The van der Waals surface area contributed by atoms with Crippen molar-refractivity contribution in [3.8, 4) is 0 Å².